The molecule has 0 bridgehead atoms. The van der Waals surface area contributed by atoms with E-state index in [4.69, 9.17) is 17.0 Å². The van der Waals surface area contributed by atoms with Crippen LogP contribution in [0.25, 0.3) is 10.5 Å². The van der Waals surface area contributed by atoms with Crippen LogP contribution in [0.15, 0.2) is 57.7 Å². The topological polar surface area (TPSA) is 46.6 Å². The molecule has 0 N–H and O–H groups in total. The Bertz CT molecular complexity index is 1210. The van der Waals surface area contributed by atoms with Gasteiger partial charge in [0, 0.05) is 23.0 Å². The van der Waals surface area contributed by atoms with Gasteiger partial charge >= 0.3 is 5.97 Å². The van der Waals surface area contributed by atoms with Crippen LogP contribution in [0.5, 0.6) is 0 Å². The van der Waals surface area contributed by atoms with Gasteiger partial charge in [0.2, 0.25) is 5.91 Å². The van der Waals surface area contributed by atoms with Crippen molar-refractivity contribution in [3.63, 3.8) is 0 Å². The number of nitrogens with zero attached hydrogens (tertiary/aromatic N) is 1. The maximum atomic E-state index is 12.6. The molecule has 2 aliphatic heterocycles. The Labute approximate surface area is 202 Å². The van der Waals surface area contributed by atoms with Crippen LogP contribution in [-0.4, -0.2) is 29.4 Å². The number of carbonyl (C=O) groups is 2. The van der Waals surface area contributed by atoms with Crippen LogP contribution in [0.3, 0.4) is 0 Å². The van der Waals surface area contributed by atoms with E-state index in [1.54, 1.807) is 11.8 Å². The lowest BCUT2D eigenvalue weighted by atomic mass is 9.83. The molecule has 0 spiro atoms. The maximum absolute atomic E-state index is 12.6. The van der Waals surface area contributed by atoms with E-state index in [0.29, 0.717) is 9.77 Å². The van der Waals surface area contributed by atoms with Gasteiger partial charge in [-0.3, -0.25) is 4.79 Å². The van der Waals surface area contributed by atoms with Gasteiger partial charge in [0.1, 0.15) is 4.91 Å². The van der Waals surface area contributed by atoms with Crippen molar-refractivity contribution in [3.05, 3.63) is 74.4 Å². The predicted octanol–water partition coefficient (Wildman–Crippen LogP) is 6.20. The van der Waals surface area contributed by atoms with Crippen LogP contribution in [0, 0.1) is 6.92 Å². The Hall–Kier alpha value is -2.35. The van der Waals surface area contributed by atoms with E-state index < -0.39 is 5.54 Å². The first kappa shape index (κ1) is 22.8. The first-order chi connectivity index (χ1) is 15.2. The fourth-order valence-electron chi connectivity index (χ4n) is 4.04. The lowest BCUT2D eigenvalue weighted by Gasteiger charge is -2.45. The lowest BCUT2D eigenvalue weighted by Crippen LogP contribution is -2.55. The molecule has 2 aliphatic rings. The number of methoxy groups -OCH3 is 1. The average molecular weight is 482 g/mol. The molecule has 2 heterocycles. The minimum Gasteiger partial charge on any atom is -0.465 e. The van der Waals surface area contributed by atoms with Crippen LogP contribution >= 0.6 is 35.7 Å². The highest BCUT2D eigenvalue weighted by Gasteiger charge is 2.44. The molecule has 0 radical (unpaired) electrons. The summed E-state index contributed by atoms with van der Waals surface area (Å²) < 4.78 is 6.01. The molecule has 1 amide bonds. The van der Waals surface area contributed by atoms with E-state index in [1.165, 1.54) is 30.6 Å². The molecule has 4 nitrogen and oxygen atoms in total. The van der Waals surface area contributed by atoms with Gasteiger partial charge < -0.3 is 9.64 Å². The summed E-state index contributed by atoms with van der Waals surface area (Å²) >= 11 is 8.91. The first-order valence-electron chi connectivity index (χ1n) is 10.1. The molecular weight excluding hydrogens is 458 g/mol. The number of hydrogen-bond donors (Lipinski definition) is 0. The second-order valence-electron chi connectivity index (χ2n) is 8.15. The van der Waals surface area contributed by atoms with Crippen molar-refractivity contribution in [1.29, 1.82) is 0 Å². The first-order valence-corrected chi connectivity index (χ1v) is 12.2. The third-order valence-electron chi connectivity index (χ3n) is 5.53. The van der Waals surface area contributed by atoms with Crippen LogP contribution in [0.4, 0.5) is 5.69 Å². The molecule has 7 heteroatoms. The Balaban J connectivity index is 1.94. The van der Waals surface area contributed by atoms with Gasteiger partial charge in [0.15, 0.2) is 0 Å². The highest BCUT2D eigenvalue weighted by Crippen LogP contribution is 2.58. The van der Waals surface area contributed by atoms with Crippen molar-refractivity contribution in [1.82, 2.24) is 0 Å². The number of fused-ring (bicyclic) bond motifs is 1. The zero-order valence-corrected chi connectivity index (χ0v) is 21.0. The molecule has 0 aliphatic carbocycles. The van der Waals surface area contributed by atoms with Crippen molar-refractivity contribution < 1.29 is 14.3 Å². The van der Waals surface area contributed by atoms with Gasteiger partial charge in [-0.2, -0.15) is 0 Å². The van der Waals surface area contributed by atoms with Crippen molar-refractivity contribution in [3.8, 4) is 0 Å². The number of aryl methyl sites for hydroxylation is 1. The molecule has 2 aromatic carbocycles. The summed E-state index contributed by atoms with van der Waals surface area (Å²) in [5, 5.41) is 0. The van der Waals surface area contributed by atoms with E-state index in [-0.39, 0.29) is 11.9 Å². The van der Waals surface area contributed by atoms with E-state index in [1.807, 2.05) is 69.3 Å². The zero-order chi connectivity index (χ0) is 23.2. The number of ether oxygens (including phenoxy) is 1. The van der Waals surface area contributed by atoms with Gasteiger partial charge in [-0.15, -0.1) is 0 Å². The molecule has 4 rings (SSSR count). The molecule has 0 fully saturated rings. The molecule has 0 aromatic heterocycles. The molecule has 164 valence electrons. The fraction of sp³-hybridized carbons (Fsp3) is 0.240. The maximum Gasteiger partial charge on any atom is 0.345 e. The second kappa shape index (κ2) is 8.54. The van der Waals surface area contributed by atoms with Crippen LogP contribution < -0.4 is 4.90 Å². The van der Waals surface area contributed by atoms with E-state index >= 15 is 0 Å². The summed E-state index contributed by atoms with van der Waals surface area (Å²) in [6.07, 6.45) is 0. The standard InChI is InChI=1S/C25H23NO3S3/c1-14-11-12-17-18(13-14)26(15(2)27)25(3,4)22(30)19(17)24-31-20(16-9-7-6-8-10-16)21(32-24)23(28)29-5/h6-13H,1-5H3/b24-19-. The summed E-state index contributed by atoms with van der Waals surface area (Å²) in [5.41, 5.74) is 3.98. The number of amides is 1. The number of hydrogen-bond acceptors (Lipinski definition) is 6. The van der Waals surface area contributed by atoms with Crippen molar-refractivity contribution in [2.24, 2.45) is 0 Å². The fourth-order valence-corrected chi connectivity index (χ4v) is 7.20. The molecule has 0 unspecified atom stereocenters. The smallest absolute Gasteiger partial charge is 0.345 e. The monoisotopic (exact) mass is 481 g/mol. The number of esters is 1. The molecule has 2 aromatic rings. The minimum atomic E-state index is -0.688. The minimum absolute atomic E-state index is 0.0571. The molecular formula is C25H23NO3S3. The van der Waals surface area contributed by atoms with Crippen LogP contribution in [0.1, 0.15) is 37.5 Å². The lowest BCUT2D eigenvalue weighted by molar-refractivity contribution is -0.135. The summed E-state index contributed by atoms with van der Waals surface area (Å²) in [6.45, 7) is 7.52. The highest BCUT2D eigenvalue weighted by molar-refractivity contribution is 8.32. The summed E-state index contributed by atoms with van der Waals surface area (Å²) in [7, 11) is 1.39. The Morgan fingerprint density at radius 1 is 1.06 bits per heavy atom. The number of benzene rings is 2. The van der Waals surface area contributed by atoms with Gasteiger partial charge in [-0.1, -0.05) is 78.2 Å². The average Bonchev–Trinajstić information content (AvgIpc) is 3.19. The van der Waals surface area contributed by atoms with Gasteiger partial charge in [-0.25, -0.2) is 4.79 Å². The number of rotatable bonds is 2. The number of thioether (sulfide) groups is 2. The van der Waals surface area contributed by atoms with Gasteiger partial charge in [0.25, 0.3) is 0 Å². The third kappa shape index (κ3) is 3.72. The SMILES string of the molecule is COC(=O)C1=C(c2ccccc2)S/C(=C2/C(=S)C(C)(C)N(C(C)=O)c3cc(C)ccc32)S1. The molecule has 32 heavy (non-hydrogen) atoms. The van der Waals surface area contributed by atoms with Crippen LogP contribution in [-0.2, 0) is 14.3 Å². The Morgan fingerprint density at radius 3 is 2.38 bits per heavy atom. The quantitative estimate of drug-likeness (QED) is 0.289. The number of carbonyl (C=O) groups excluding carboxylic acids is 2. The summed E-state index contributed by atoms with van der Waals surface area (Å²) in [4.78, 5) is 29.2. The molecule has 0 atom stereocenters. The number of anilines is 1. The van der Waals surface area contributed by atoms with Crippen molar-refractivity contribution >= 4 is 68.6 Å². The summed E-state index contributed by atoms with van der Waals surface area (Å²) in [5.74, 6) is -0.425. The van der Waals surface area contributed by atoms with Crippen molar-refractivity contribution in [2.45, 2.75) is 33.2 Å². The third-order valence-corrected chi connectivity index (χ3v) is 8.86. The van der Waals surface area contributed by atoms with E-state index in [2.05, 4.69) is 0 Å². The normalized spacial score (nSPS) is 19.8. The van der Waals surface area contributed by atoms with E-state index in [9.17, 15) is 9.59 Å². The van der Waals surface area contributed by atoms with Crippen molar-refractivity contribution in [2.75, 3.05) is 12.0 Å². The molecule has 0 saturated heterocycles. The summed E-state index contributed by atoms with van der Waals surface area (Å²) in [6, 6.07) is 15.9. The van der Waals surface area contributed by atoms with Gasteiger partial charge in [0.05, 0.1) is 27.4 Å². The number of thiocarbonyl (C=S) groups is 1. The Morgan fingerprint density at radius 2 is 1.75 bits per heavy atom. The highest BCUT2D eigenvalue weighted by atomic mass is 32.2. The van der Waals surface area contributed by atoms with E-state index in [0.717, 1.165) is 37.1 Å². The largest absolute Gasteiger partial charge is 0.465 e. The van der Waals surface area contributed by atoms with Crippen LogP contribution in [0.2, 0.25) is 0 Å². The molecule has 0 saturated carbocycles. The predicted molar refractivity (Wildman–Crippen MR) is 138 cm³/mol. The zero-order valence-electron chi connectivity index (χ0n) is 18.5. The Kier molecular flexibility index (Phi) is 6.09. The second-order valence-corrected chi connectivity index (χ2v) is 10.9. The van der Waals surface area contributed by atoms with Gasteiger partial charge in [-0.05, 0) is 38.0 Å².